The first kappa shape index (κ1) is 13.8. The molecule has 0 unspecified atom stereocenters. The summed E-state index contributed by atoms with van der Waals surface area (Å²) in [7, 11) is 0. The number of benzene rings is 1. The Labute approximate surface area is 122 Å². The smallest absolute Gasteiger partial charge is 0.309 e. The van der Waals surface area contributed by atoms with Gasteiger partial charge in [-0.15, -0.1) is 0 Å². The molecule has 2 fully saturated rings. The summed E-state index contributed by atoms with van der Waals surface area (Å²) < 4.78 is 0. The fourth-order valence-electron chi connectivity index (χ4n) is 2.86. The van der Waals surface area contributed by atoms with Gasteiger partial charge in [0, 0.05) is 6.54 Å². The van der Waals surface area contributed by atoms with E-state index in [1.807, 2.05) is 30.3 Å². The number of piperidine rings is 1. The number of fused-ring (bicyclic) bond motifs is 2. The largest absolute Gasteiger partial charge is 0.345 e. The molecule has 1 aromatic carbocycles. The summed E-state index contributed by atoms with van der Waals surface area (Å²) in [6, 6.07) is 8.61. The third-order valence-electron chi connectivity index (χ3n) is 3.95. The second-order valence-corrected chi connectivity index (χ2v) is 5.24. The standard InChI is InChI=1S/C14H17N3O4/c18-13(15-20)12-7-6-11-8-16(12)14(19)17(11)21-9-10-4-2-1-3-5-10/h1-5,11-12,20H,6-9H2,(H,15,18)/t11-,12+/m1/s1. The molecule has 3 rings (SSSR count). The molecule has 0 spiro atoms. The van der Waals surface area contributed by atoms with Gasteiger partial charge in [-0.1, -0.05) is 30.3 Å². The summed E-state index contributed by atoms with van der Waals surface area (Å²) in [5.74, 6) is -0.549. The summed E-state index contributed by atoms with van der Waals surface area (Å²) in [5.41, 5.74) is 2.60. The van der Waals surface area contributed by atoms with E-state index in [0.717, 1.165) is 5.56 Å². The van der Waals surface area contributed by atoms with Crippen LogP contribution in [0.4, 0.5) is 4.79 Å². The Morgan fingerprint density at radius 3 is 2.81 bits per heavy atom. The molecule has 2 bridgehead atoms. The van der Waals surface area contributed by atoms with E-state index in [2.05, 4.69) is 0 Å². The molecule has 0 radical (unpaired) electrons. The van der Waals surface area contributed by atoms with E-state index in [-0.39, 0.29) is 12.1 Å². The number of rotatable bonds is 4. The lowest BCUT2D eigenvalue weighted by Gasteiger charge is -2.28. The number of hydroxylamine groups is 3. The van der Waals surface area contributed by atoms with Gasteiger partial charge in [-0.3, -0.25) is 14.8 Å². The van der Waals surface area contributed by atoms with Crippen LogP contribution in [0.5, 0.6) is 0 Å². The van der Waals surface area contributed by atoms with E-state index in [0.29, 0.717) is 26.0 Å². The van der Waals surface area contributed by atoms with Crippen LogP contribution in [0.15, 0.2) is 30.3 Å². The van der Waals surface area contributed by atoms with E-state index in [9.17, 15) is 9.59 Å². The molecule has 21 heavy (non-hydrogen) atoms. The Balaban J connectivity index is 1.66. The second-order valence-electron chi connectivity index (χ2n) is 5.24. The molecule has 0 aliphatic carbocycles. The molecule has 2 saturated heterocycles. The summed E-state index contributed by atoms with van der Waals surface area (Å²) >= 11 is 0. The molecule has 7 nitrogen and oxygen atoms in total. The number of amides is 3. The highest BCUT2D eigenvalue weighted by molar-refractivity contribution is 5.87. The third kappa shape index (κ3) is 2.57. The highest BCUT2D eigenvalue weighted by Gasteiger charge is 2.47. The van der Waals surface area contributed by atoms with Gasteiger partial charge in [-0.05, 0) is 18.4 Å². The van der Waals surface area contributed by atoms with Gasteiger partial charge < -0.3 is 4.90 Å². The van der Waals surface area contributed by atoms with Gasteiger partial charge >= 0.3 is 6.03 Å². The summed E-state index contributed by atoms with van der Waals surface area (Å²) in [6.45, 7) is 0.763. The Kier molecular flexibility index (Phi) is 3.76. The van der Waals surface area contributed by atoms with Gasteiger partial charge in [0.2, 0.25) is 0 Å². The maximum Gasteiger partial charge on any atom is 0.345 e. The number of carbonyl (C=O) groups excluding carboxylic acids is 2. The number of hydrogen-bond acceptors (Lipinski definition) is 4. The molecule has 0 aromatic heterocycles. The molecule has 2 aliphatic heterocycles. The zero-order chi connectivity index (χ0) is 14.8. The minimum atomic E-state index is -0.621. The lowest BCUT2D eigenvalue weighted by molar-refractivity contribution is -0.140. The van der Waals surface area contributed by atoms with Crippen LogP contribution < -0.4 is 5.48 Å². The van der Waals surface area contributed by atoms with Crippen molar-refractivity contribution in [2.75, 3.05) is 6.54 Å². The van der Waals surface area contributed by atoms with Gasteiger partial charge in [0.1, 0.15) is 12.6 Å². The monoisotopic (exact) mass is 291 g/mol. The number of nitrogens with zero attached hydrogens (tertiary/aromatic N) is 2. The number of hydrogen-bond donors (Lipinski definition) is 2. The lowest BCUT2D eigenvalue weighted by Crippen LogP contribution is -2.49. The van der Waals surface area contributed by atoms with Crippen molar-refractivity contribution in [3.05, 3.63) is 35.9 Å². The fourth-order valence-corrected chi connectivity index (χ4v) is 2.86. The van der Waals surface area contributed by atoms with Crippen LogP contribution in [0.3, 0.4) is 0 Å². The molecule has 3 amide bonds. The van der Waals surface area contributed by atoms with Crippen LogP contribution in [-0.4, -0.2) is 45.7 Å². The summed E-state index contributed by atoms with van der Waals surface area (Å²) in [5, 5.41) is 10.1. The van der Waals surface area contributed by atoms with Crippen LogP contribution in [0.1, 0.15) is 18.4 Å². The van der Waals surface area contributed by atoms with E-state index in [1.54, 1.807) is 5.48 Å². The zero-order valence-electron chi connectivity index (χ0n) is 11.4. The van der Waals surface area contributed by atoms with E-state index in [1.165, 1.54) is 9.96 Å². The number of nitrogens with one attached hydrogen (secondary N) is 1. The summed E-state index contributed by atoms with van der Waals surface area (Å²) in [4.78, 5) is 31.0. The molecule has 112 valence electrons. The van der Waals surface area contributed by atoms with Crippen LogP contribution in [0.25, 0.3) is 0 Å². The van der Waals surface area contributed by atoms with Crippen LogP contribution in [0.2, 0.25) is 0 Å². The topological polar surface area (TPSA) is 82.1 Å². The normalized spacial score (nSPS) is 24.3. The van der Waals surface area contributed by atoms with Crippen LogP contribution >= 0.6 is 0 Å². The van der Waals surface area contributed by atoms with Crippen molar-refractivity contribution in [1.29, 1.82) is 0 Å². The van der Waals surface area contributed by atoms with Crippen molar-refractivity contribution in [2.45, 2.75) is 31.5 Å². The molecule has 2 heterocycles. The molecule has 0 saturated carbocycles. The number of urea groups is 1. The Hall–Kier alpha value is -2.12. The first-order valence-electron chi connectivity index (χ1n) is 6.91. The van der Waals surface area contributed by atoms with E-state index in [4.69, 9.17) is 10.0 Å². The molecule has 2 aliphatic rings. The van der Waals surface area contributed by atoms with Crippen LogP contribution in [-0.2, 0) is 16.2 Å². The Morgan fingerprint density at radius 2 is 2.10 bits per heavy atom. The maximum absolute atomic E-state index is 12.3. The molecule has 2 N–H and O–H groups in total. The second kappa shape index (κ2) is 5.71. The highest BCUT2D eigenvalue weighted by Crippen LogP contribution is 2.30. The lowest BCUT2D eigenvalue weighted by atomic mass is 10.0. The SMILES string of the molecule is O=C(NO)[C@@H]1CC[C@@H]2CN1C(=O)N2OCc1ccccc1. The Bertz CT molecular complexity index is 536. The van der Waals surface area contributed by atoms with Crippen molar-refractivity contribution in [2.24, 2.45) is 0 Å². The van der Waals surface area contributed by atoms with Crippen LogP contribution in [0, 0.1) is 0 Å². The predicted octanol–water partition coefficient (Wildman–Crippen LogP) is 0.892. The third-order valence-corrected chi connectivity index (χ3v) is 3.95. The minimum Gasteiger partial charge on any atom is -0.309 e. The number of carbonyl (C=O) groups is 2. The molecule has 1 aromatic rings. The van der Waals surface area contributed by atoms with E-state index >= 15 is 0 Å². The average Bonchev–Trinajstić information content (AvgIpc) is 2.77. The average molecular weight is 291 g/mol. The van der Waals surface area contributed by atoms with Gasteiger partial charge in [0.25, 0.3) is 5.91 Å². The van der Waals surface area contributed by atoms with Crippen molar-refractivity contribution in [3.8, 4) is 0 Å². The van der Waals surface area contributed by atoms with Gasteiger partial charge in [-0.25, -0.2) is 10.3 Å². The summed E-state index contributed by atoms with van der Waals surface area (Å²) in [6.07, 6.45) is 1.20. The van der Waals surface area contributed by atoms with Gasteiger partial charge in [-0.2, -0.15) is 5.06 Å². The van der Waals surface area contributed by atoms with E-state index < -0.39 is 11.9 Å². The first-order chi connectivity index (χ1) is 10.2. The Morgan fingerprint density at radius 1 is 1.33 bits per heavy atom. The zero-order valence-corrected chi connectivity index (χ0v) is 11.4. The molecule has 2 atom stereocenters. The van der Waals surface area contributed by atoms with Crippen molar-refractivity contribution in [3.63, 3.8) is 0 Å². The van der Waals surface area contributed by atoms with Gasteiger partial charge in [0.05, 0.1) is 6.04 Å². The fraction of sp³-hybridized carbons (Fsp3) is 0.429. The predicted molar refractivity (Wildman–Crippen MR) is 71.9 cm³/mol. The van der Waals surface area contributed by atoms with Crippen molar-refractivity contribution in [1.82, 2.24) is 15.4 Å². The molecule has 7 heteroatoms. The highest BCUT2D eigenvalue weighted by atomic mass is 16.7. The van der Waals surface area contributed by atoms with Crippen molar-refractivity contribution >= 4 is 11.9 Å². The first-order valence-corrected chi connectivity index (χ1v) is 6.91. The molecular weight excluding hydrogens is 274 g/mol. The molecular formula is C14H17N3O4. The van der Waals surface area contributed by atoms with Gasteiger partial charge in [0.15, 0.2) is 0 Å². The van der Waals surface area contributed by atoms with Crippen molar-refractivity contribution < 1.29 is 19.6 Å². The quantitative estimate of drug-likeness (QED) is 0.637. The minimum absolute atomic E-state index is 0.0380. The maximum atomic E-state index is 12.3.